The number of piperazine rings is 1. The molecule has 1 aromatic carbocycles. The molecule has 0 spiro atoms. The molecular weight excluding hydrogens is 354 g/mol. The Labute approximate surface area is 163 Å². The van der Waals surface area contributed by atoms with Crippen LogP contribution in [0.5, 0.6) is 0 Å². The molecule has 28 heavy (non-hydrogen) atoms. The van der Waals surface area contributed by atoms with Crippen molar-refractivity contribution >= 4 is 5.91 Å². The monoisotopic (exact) mass is 377 g/mol. The van der Waals surface area contributed by atoms with Crippen molar-refractivity contribution in [2.24, 2.45) is 7.05 Å². The fourth-order valence-electron chi connectivity index (χ4n) is 3.48. The second-order valence-electron chi connectivity index (χ2n) is 7.03. The van der Waals surface area contributed by atoms with Crippen LogP contribution in [-0.2, 0) is 13.6 Å². The van der Waals surface area contributed by atoms with Crippen LogP contribution in [0.2, 0.25) is 0 Å². The summed E-state index contributed by atoms with van der Waals surface area (Å²) in [6, 6.07) is 12.4. The lowest BCUT2D eigenvalue weighted by Gasteiger charge is -2.34. The van der Waals surface area contributed by atoms with Gasteiger partial charge in [0.05, 0.1) is 6.54 Å². The van der Waals surface area contributed by atoms with E-state index in [9.17, 15) is 9.59 Å². The number of rotatable bonds is 4. The predicted molar refractivity (Wildman–Crippen MR) is 107 cm³/mol. The topological polar surface area (TPSA) is 74.2 Å². The van der Waals surface area contributed by atoms with Crippen molar-refractivity contribution in [3.63, 3.8) is 0 Å². The van der Waals surface area contributed by atoms with Crippen molar-refractivity contribution in [2.45, 2.75) is 6.54 Å². The molecule has 4 rings (SSSR count). The minimum Gasteiger partial charge on any atom is -0.337 e. The van der Waals surface area contributed by atoms with Crippen LogP contribution in [0.25, 0.3) is 11.3 Å². The maximum atomic E-state index is 12.9. The molecule has 1 aliphatic heterocycles. The molecule has 0 radical (unpaired) electrons. The Morgan fingerprint density at radius 2 is 1.89 bits per heavy atom. The molecule has 0 atom stereocenters. The summed E-state index contributed by atoms with van der Waals surface area (Å²) >= 11 is 0. The average molecular weight is 377 g/mol. The van der Waals surface area contributed by atoms with Gasteiger partial charge in [-0.3, -0.25) is 14.5 Å². The molecule has 0 saturated carbocycles. The van der Waals surface area contributed by atoms with E-state index in [1.807, 2.05) is 59.2 Å². The van der Waals surface area contributed by atoms with Crippen molar-refractivity contribution in [1.29, 1.82) is 0 Å². The smallest absolute Gasteiger partial charge is 0.253 e. The number of carbonyl (C=O) groups is 1. The predicted octanol–water partition coefficient (Wildman–Crippen LogP) is 1.73. The van der Waals surface area contributed by atoms with Crippen LogP contribution in [-0.4, -0.2) is 56.4 Å². The SMILES string of the molecule is Cn1ccnc1CN1CCN(C(=O)c2cccc(-c3cccc(=O)[nH]3)c2)CC1. The normalized spacial score (nSPS) is 15.0. The first-order valence-electron chi connectivity index (χ1n) is 9.38. The quantitative estimate of drug-likeness (QED) is 0.752. The van der Waals surface area contributed by atoms with Crippen LogP contribution in [0.15, 0.2) is 59.7 Å². The maximum absolute atomic E-state index is 12.9. The molecule has 144 valence electrons. The van der Waals surface area contributed by atoms with Gasteiger partial charge in [-0.05, 0) is 23.8 Å². The van der Waals surface area contributed by atoms with Crippen molar-refractivity contribution in [3.05, 3.63) is 76.6 Å². The van der Waals surface area contributed by atoms with Crippen LogP contribution in [0.1, 0.15) is 16.2 Å². The second kappa shape index (κ2) is 7.82. The Morgan fingerprint density at radius 1 is 1.11 bits per heavy atom. The van der Waals surface area contributed by atoms with Gasteiger partial charge in [0.2, 0.25) is 5.56 Å². The van der Waals surface area contributed by atoms with E-state index in [1.54, 1.807) is 6.07 Å². The summed E-state index contributed by atoms with van der Waals surface area (Å²) in [4.78, 5) is 35.9. The molecule has 2 aromatic heterocycles. The van der Waals surface area contributed by atoms with Crippen molar-refractivity contribution in [1.82, 2.24) is 24.3 Å². The number of pyridine rings is 1. The molecule has 7 nitrogen and oxygen atoms in total. The molecule has 0 bridgehead atoms. The first kappa shape index (κ1) is 18.2. The van der Waals surface area contributed by atoms with E-state index in [4.69, 9.17) is 0 Å². The molecule has 1 amide bonds. The number of nitrogens with zero attached hydrogens (tertiary/aromatic N) is 4. The molecule has 7 heteroatoms. The third-order valence-corrected chi connectivity index (χ3v) is 5.13. The highest BCUT2D eigenvalue weighted by molar-refractivity contribution is 5.95. The molecule has 0 unspecified atom stereocenters. The molecule has 1 aliphatic rings. The number of aromatic amines is 1. The van der Waals surface area contributed by atoms with Gasteiger partial charge < -0.3 is 14.5 Å². The number of aryl methyl sites for hydroxylation is 1. The van der Waals surface area contributed by atoms with Gasteiger partial charge in [0.25, 0.3) is 5.91 Å². The number of nitrogens with one attached hydrogen (secondary N) is 1. The summed E-state index contributed by atoms with van der Waals surface area (Å²) in [5.74, 6) is 1.06. The van der Waals surface area contributed by atoms with Crippen LogP contribution < -0.4 is 5.56 Å². The Balaban J connectivity index is 1.42. The van der Waals surface area contributed by atoms with Crippen LogP contribution in [0.3, 0.4) is 0 Å². The van der Waals surface area contributed by atoms with Crippen LogP contribution >= 0.6 is 0 Å². The Hall–Kier alpha value is -3.19. The average Bonchev–Trinajstić information content (AvgIpc) is 3.12. The number of aromatic nitrogens is 3. The number of hydrogen-bond donors (Lipinski definition) is 1. The number of hydrogen-bond acceptors (Lipinski definition) is 4. The van der Waals surface area contributed by atoms with E-state index >= 15 is 0 Å². The molecule has 1 fully saturated rings. The van der Waals surface area contributed by atoms with E-state index in [0.29, 0.717) is 24.3 Å². The van der Waals surface area contributed by atoms with Gasteiger partial charge in [0.1, 0.15) is 5.82 Å². The summed E-state index contributed by atoms with van der Waals surface area (Å²) in [5.41, 5.74) is 2.02. The standard InChI is InChI=1S/C21H23N5O2/c1-24-9-8-22-19(24)15-25-10-12-26(13-11-25)21(28)17-5-2-4-16(14-17)18-6-3-7-20(27)23-18/h2-9,14H,10-13,15H2,1H3,(H,23,27). The van der Waals surface area contributed by atoms with E-state index < -0.39 is 0 Å². The third-order valence-electron chi connectivity index (χ3n) is 5.13. The molecule has 1 saturated heterocycles. The molecule has 0 aliphatic carbocycles. The van der Waals surface area contributed by atoms with E-state index in [1.165, 1.54) is 6.07 Å². The zero-order chi connectivity index (χ0) is 19.5. The summed E-state index contributed by atoms with van der Waals surface area (Å²) < 4.78 is 2.02. The highest BCUT2D eigenvalue weighted by atomic mass is 16.2. The number of imidazole rings is 1. The van der Waals surface area contributed by atoms with Gasteiger partial charge in [-0.25, -0.2) is 4.98 Å². The zero-order valence-electron chi connectivity index (χ0n) is 15.8. The Kier molecular flexibility index (Phi) is 5.08. The molecule has 3 heterocycles. The Bertz CT molecular complexity index is 1030. The van der Waals surface area contributed by atoms with Gasteiger partial charge in [-0.1, -0.05) is 18.2 Å². The third kappa shape index (κ3) is 3.89. The summed E-state index contributed by atoms with van der Waals surface area (Å²) in [6.07, 6.45) is 3.75. The summed E-state index contributed by atoms with van der Waals surface area (Å²) in [7, 11) is 2.00. The van der Waals surface area contributed by atoms with Crippen molar-refractivity contribution in [2.75, 3.05) is 26.2 Å². The number of carbonyl (C=O) groups excluding carboxylic acids is 1. The maximum Gasteiger partial charge on any atom is 0.253 e. The first-order chi connectivity index (χ1) is 13.6. The van der Waals surface area contributed by atoms with E-state index in [2.05, 4.69) is 14.9 Å². The lowest BCUT2D eigenvalue weighted by molar-refractivity contribution is 0.0624. The summed E-state index contributed by atoms with van der Waals surface area (Å²) in [5, 5.41) is 0. The van der Waals surface area contributed by atoms with Gasteiger partial charge >= 0.3 is 0 Å². The molecule has 3 aromatic rings. The number of amides is 1. The van der Waals surface area contributed by atoms with Gasteiger partial charge in [-0.15, -0.1) is 0 Å². The Morgan fingerprint density at radius 3 is 2.61 bits per heavy atom. The highest BCUT2D eigenvalue weighted by Gasteiger charge is 2.23. The lowest BCUT2D eigenvalue weighted by Crippen LogP contribution is -2.48. The van der Waals surface area contributed by atoms with Crippen LogP contribution in [0, 0.1) is 0 Å². The van der Waals surface area contributed by atoms with Crippen molar-refractivity contribution in [3.8, 4) is 11.3 Å². The first-order valence-corrected chi connectivity index (χ1v) is 9.38. The van der Waals surface area contributed by atoms with Gasteiger partial charge in [0, 0.05) is 62.9 Å². The van der Waals surface area contributed by atoms with Gasteiger partial charge in [-0.2, -0.15) is 0 Å². The second-order valence-corrected chi connectivity index (χ2v) is 7.03. The molecular formula is C21H23N5O2. The van der Waals surface area contributed by atoms with Crippen molar-refractivity contribution < 1.29 is 4.79 Å². The fraction of sp³-hybridized carbons (Fsp3) is 0.286. The molecule has 1 N–H and O–H groups in total. The largest absolute Gasteiger partial charge is 0.337 e. The van der Waals surface area contributed by atoms with E-state index in [-0.39, 0.29) is 11.5 Å². The minimum atomic E-state index is -0.155. The summed E-state index contributed by atoms with van der Waals surface area (Å²) in [6.45, 7) is 3.82. The highest BCUT2D eigenvalue weighted by Crippen LogP contribution is 2.19. The van der Waals surface area contributed by atoms with Gasteiger partial charge in [0.15, 0.2) is 0 Å². The zero-order valence-corrected chi connectivity index (χ0v) is 15.8. The number of H-pyrrole nitrogens is 1. The fourth-order valence-corrected chi connectivity index (χ4v) is 3.48. The number of benzene rings is 1. The lowest BCUT2D eigenvalue weighted by atomic mass is 10.1. The minimum absolute atomic E-state index is 0.0248. The van der Waals surface area contributed by atoms with E-state index in [0.717, 1.165) is 31.0 Å². The van der Waals surface area contributed by atoms with Crippen LogP contribution in [0.4, 0.5) is 0 Å².